The quantitative estimate of drug-likeness (QED) is 0.429. The molecule has 8 nitrogen and oxygen atoms in total. The van der Waals surface area contributed by atoms with E-state index in [4.69, 9.17) is 9.94 Å². The third-order valence-electron chi connectivity index (χ3n) is 8.65. The second kappa shape index (κ2) is 8.13. The first-order chi connectivity index (χ1) is 14.8. The molecule has 3 N–H and O–H groups in total. The van der Waals surface area contributed by atoms with Crippen molar-refractivity contribution in [2.45, 2.75) is 58.0 Å². The van der Waals surface area contributed by atoms with Crippen LogP contribution in [0.25, 0.3) is 0 Å². The number of ketones is 1. The van der Waals surface area contributed by atoms with Crippen molar-refractivity contribution in [1.29, 1.82) is 0 Å². The number of aliphatic hydroxyl groups is 2. The predicted molar refractivity (Wildman–Crippen MR) is 110 cm³/mol. The van der Waals surface area contributed by atoms with Gasteiger partial charge in [0.05, 0.1) is 11.8 Å². The zero-order chi connectivity index (χ0) is 22.4. The number of carbonyl (C=O) groups is 3. The van der Waals surface area contributed by atoms with E-state index in [0.717, 1.165) is 32.0 Å². The van der Waals surface area contributed by atoms with Gasteiger partial charge in [0.1, 0.15) is 12.9 Å². The lowest BCUT2D eigenvalue weighted by Gasteiger charge is -2.59. The number of aliphatic hydroxyl groups excluding tert-OH is 2. The average molecular weight is 434 g/mol. The standard InChI is InChI=1S/C23H31NO7/c1-22-7-6-14(24-31-11-20(29)30)8-13(22)2-3-15-16-4-5-17(19(28)10-25)23(16,12-26)9-18(27)21(15)22/h8,12,15-18,21,25,27H,2-7,9-11H2,1H3,(H,29,30)/b24-14-/t15-,16?,17+,18-,21?,22-,23+/m0/s1. The summed E-state index contributed by atoms with van der Waals surface area (Å²) in [7, 11) is 0. The molecule has 8 heteroatoms. The monoisotopic (exact) mass is 433 g/mol. The zero-order valence-corrected chi connectivity index (χ0v) is 17.8. The van der Waals surface area contributed by atoms with E-state index in [1.165, 1.54) is 5.57 Å². The third-order valence-corrected chi connectivity index (χ3v) is 8.65. The number of allylic oxidation sites excluding steroid dienone is 2. The zero-order valence-electron chi connectivity index (χ0n) is 17.8. The summed E-state index contributed by atoms with van der Waals surface area (Å²) in [6.45, 7) is 1.14. The topological polar surface area (TPSA) is 133 Å². The largest absolute Gasteiger partial charge is 0.479 e. The molecule has 0 aromatic heterocycles. The number of rotatable bonds is 6. The lowest BCUT2D eigenvalue weighted by Crippen LogP contribution is -2.58. The predicted octanol–water partition coefficient (Wildman–Crippen LogP) is 1.73. The summed E-state index contributed by atoms with van der Waals surface area (Å²) in [4.78, 5) is 40.3. The van der Waals surface area contributed by atoms with Crippen molar-refractivity contribution < 1.29 is 34.5 Å². The number of fused-ring (bicyclic) bond motifs is 5. The highest BCUT2D eigenvalue weighted by Gasteiger charge is 2.64. The van der Waals surface area contributed by atoms with E-state index in [-0.39, 0.29) is 35.4 Å². The molecule has 0 saturated heterocycles. The Morgan fingerprint density at radius 1 is 1.29 bits per heavy atom. The number of carboxylic acid groups (broad SMARTS) is 1. The van der Waals surface area contributed by atoms with Gasteiger partial charge in [0, 0.05) is 11.3 Å². The Hall–Kier alpha value is -2.06. The number of carbonyl (C=O) groups excluding carboxylic acids is 2. The van der Waals surface area contributed by atoms with Crippen molar-refractivity contribution >= 4 is 23.8 Å². The highest BCUT2D eigenvalue weighted by atomic mass is 16.6. The van der Waals surface area contributed by atoms with E-state index in [2.05, 4.69) is 12.1 Å². The van der Waals surface area contributed by atoms with Gasteiger partial charge in [-0.15, -0.1) is 0 Å². The third kappa shape index (κ3) is 3.44. The van der Waals surface area contributed by atoms with Crippen LogP contribution in [0, 0.1) is 34.5 Å². The molecule has 31 heavy (non-hydrogen) atoms. The summed E-state index contributed by atoms with van der Waals surface area (Å²) in [6.07, 6.45) is 6.86. The average Bonchev–Trinajstić information content (AvgIpc) is 3.12. The van der Waals surface area contributed by atoms with Crippen LogP contribution in [-0.4, -0.2) is 58.4 Å². The number of aldehydes is 1. The minimum atomic E-state index is -1.07. The van der Waals surface area contributed by atoms with Gasteiger partial charge in [0.15, 0.2) is 5.78 Å². The van der Waals surface area contributed by atoms with Crippen LogP contribution in [0.1, 0.15) is 51.9 Å². The highest BCUT2D eigenvalue weighted by Crippen LogP contribution is 2.66. The van der Waals surface area contributed by atoms with Gasteiger partial charge in [-0.1, -0.05) is 17.7 Å². The normalized spacial score (nSPS) is 42.7. The number of Topliss-reactive ketones (excluding diaryl/α,β-unsaturated/α-hetero) is 1. The highest BCUT2D eigenvalue weighted by molar-refractivity contribution is 5.96. The number of hydrogen-bond acceptors (Lipinski definition) is 7. The fraction of sp³-hybridized carbons (Fsp3) is 0.739. The van der Waals surface area contributed by atoms with Crippen LogP contribution < -0.4 is 0 Å². The molecule has 2 unspecified atom stereocenters. The van der Waals surface area contributed by atoms with Crippen molar-refractivity contribution in [2.75, 3.05) is 13.2 Å². The summed E-state index contributed by atoms with van der Waals surface area (Å²) in [5, 5.41) is 33.4. The van der Waals surface area contributed by atoms with Crippen molar-refractivity contribution in [1.82, 2.24) is 0 Å². The van der Waals surface area contributed by atoms with Gasteiger partial charge in [-0.25, -0.2) is 4.79 Å². The van der Waals surface area contributed by atoms with Crippen molar-refractivity contribution in [2.24, 2.45) is 39.7 Å². The molecular weight excluding hydrogens is 402 g/mol. The lowest BCUT2D eigenvalue weighted by atomic mass is 9.45. The molecule has 0 aliphatic heterocycles. The van der Waals surface area contributed by atoms with E-state index >= 15 is 0 Å². The van der Waals surface area contributed by atoms with Gasteiger partial charge in [0.2, 0.25) is 6.61 Å². The van der Waals surface area contributed by atoms with Crippen LogP contribution in [0.15, 0.2) is 16.8 Å². The van der Waals surface area contributed by atoms with Crippen LogP contribution in [-0.2, 0) is 19.2 Å². The summed E-state index contributed by atoms with van der Waals surface area (Å²) in [5.41, 5.74) is 0.803. The first-order valence-corrected chi connectivity index (χ1v) is 11.2. The Kier molecular flexibility index (Phi) is 5.81. The maximum absolute atomic E-state index is 12.4. The van der Waals surface area contributed by atoms with Gasteiger partial charge < -0.3 is 25.0 Å². The Bertz CT molecular complexity index is 836. The smallest absolute Gasteiger partial charge is 0.344 e. The molecule has 7 atom stereocenters. The van der Waals surface area contributed by atoms with E-state index < -0.39 is 36.6 Å². The molecule has 0 aromatic rings. The van der Waals surface area contributed by atoms with Crippen LogP contribution in [0.4, 0.5) is 0 Å². The lowest BCUT2D eigenvalue weighted by molar-refractivity contribution is -0.156. The van der Waals surface area contributed by atoms with Crippen molar-refractivity contribution in [3.05, 3.63) is 11.6 Å². The molecule has 0 amide bonds. The van der Waals surface area contributed by atoms with Gasteiger partial charge in [0.25, 0.3) is 0 Å². The van der Waals surface area contributed by atoms with Crippen LogP contribution in [0.3, 0.4) is 0 Å². The van der Waals surface area contributed by atoms with Gasteiger partial charge in [-0.3, -0.25) is 4.79 Å². The Morgan fingerprint density at radius 3 is 2.74 bits per heavy atom. The second-order valence-corrected chi connectivity index (χ2v) is 9.93. The first kappa shape index (κ1) is 22.1. The van der Waals surface area contributed by atoms with Crippen LogP contribution in [0.2, 0.25) is 0 Å². The summed E-state index contributed by atoms with van der Waals surface area (Å²) in [6, 6.07) is 0. The van der Waals surface area contributed by atoms with E-state index in [9.17, 15) is 24.6 Å². The number of hydrogen-bond donors (Lipinski definition) is 3. The van der Waals surface area contributed by atoms with Gasteiger partial charge >= 0.3 is 5.97 Å². The molecule has 0 aromatic carbocycles. The number of oxime groups is 1. The molecule has 4 aliphatic rings. The molecule has 4 aliphatic carbocycles. The molecular formula is C23H31NO7. The molecule has 170 valence electrons. The minimum absolute atomic E-state index is 0.00459. The molecule has 0 bridgehead atoms. The molecule has 0 spiro atoms. The maximum Gasteiger partial charge on any atom is 0.344 e. The summed E-state index contributed by atoms with van der Waals surface area (Å²) < 4.78 is 0. The van der Waals surface area contributed by atoms with Crippen LogP contribution in [0.5, 0.6) is 0 Å². The summed E-state index contributed by atoms with van der Waals surface area (Å²) in [5.74, 6) is -1.67. The Morgan fingerprint density at radius 2 is 2.06 bits per heavy atom. The fourth-order valence-electron chi connectivity index (χ4n) is 7.43. The van der Waals surface area contributed by atoms with Crippen LogP contribution >= 0.6 is 0 Å². The molecule has 4 rings (SSSR count). The van der Waals surface area contributed by atoms with Crippen molar-refractivity contribution in [3.63, 3.8) is 0 Å². The maximum atomic E-state index is 12.4. The second-order valence-electron chi connectivity index (χ2n) is 9.93. The molecule has 0 radical (unpaired) electrons. The number of nitrogens with zero attached hydrogens (tertiary/aromatic N) is 1. The molecule has 3 fully saturated rings. The summed E-state index contributed by atoms with van der Waals surface area (Å²) >= 11 is 0. The van der Waals surface area contributed by atoms with E-state index in [0.29, 0.717) is 18.6 Å². The number of aliphatic carboxylic acids is 1. The minimum Gasteiger partial charge on any atom is -0.479 e. The van der Waals surface area contributed by atoms with E-state index in [1.807, 2.05) is 6.08 Å². The van der Waals surface area contributed by atoms with Gasteiger partial charge in [-0.2, -0.15) is 0 Å². The fourth-order valence-corrected chi connectivity index (χ4v) is 7.43. The SMILES string of the molecule is C[C@]12CC/C(=N/OCC(=O)O)C=C1CC[C@@H]1C2[C@@H](O)C[C@@]2(C=O)C1CC[C@@H]2C(=O)CO. The van der Waals surface area contributed by atoms with Gasteiger partial charge in [-0.05, 0) is 74.2 Å². The molecule has 0 heterocycles. The van der Waals surface area contributed by atoms with Crippen molar-refractivity contribution in [3.8, 4) is 0 Å². The Labute approximate surface area is 181 Å². The number of carboxylic acids is 1. The molecule has 3 saturated carbocycles. The Balaban J connectivity index is 1.62. The van der Waals surface area contributed by atoms with E-state index in [1.54, 1.807) is 0 Å². The first-order valence-electron chi connectivity index (χ1n) is 11.2.